The maximum Gasteiger partial charge on any atom is 0.270 e. The lowest BCUT2D eigenvalue weighted by atomic mass is 10.1. The molecule has 0 saturated carbocycles. The molecule has 3 aromatic rings. The van der Waals surface area contributed by atoms with Crippen molar-refractivity contribution < 1.29 is 14.3 Å². The van der Waals surface area contributed by atoms with E-state index < -0.39 is 0 Å². The fourth-order valence-electron chi connectivity index (χ4n) is 3.51. The first kappa shape index (κ1) is 17.6. The number of rotatable bonds is 5. The minimum atomic E-state index is 0.0448. The van der Waals surface area contributed by atoms with Gasteiger partial charge in [-0.3, -0.25) is 4.79 Å². The molecule has 0 radical (unpaired) electrons. The minimum absolute atomic E-state index is 0.0448. The summed E-state index contributed by atoms with van der Waals surface area (Å²) in [6.45, 7) is 3.95. The molecule has 5 heteroatoms. The van der Waals surface area contributed by atoms with Gasteiger partial charge in [0, 0.05) is 31.0 Å². The van der Waals surface area contributed by atoms with E-state index in [0.717, 1.165) is 16.7 Å². The van der Waals surface area contributed by atoms with E-state index in [1.54, 1.807) is 7.11 Å². The molecule has 1 saturated heterocycles. The highest BCUT2D eigenvalue weighted by Gasteiger charge is 2.33. The van der Waals surface area contributed by atoms with Crippen molar-refractivity contribution >= 4 is 16.8 Å². The van der Waals surface area contributed by atoms with Gasteiger partial charge in [-0.15, -0.1) is 0 Å². The zero-order chi connectivity index (χ0) is 19.0. The second kappa shape index (κ2) is 7.08. The lowest BCUT2D eigenvalue weighted by Crippen LogP contribution is -2.55. The van der Waals surface area contributed by atoms with Crippen LogP contribution in [0, 0.1) is 6.92 Å². The number of carbonyl (C=O) groups is 1. The molecular weight excluding hydrogens is 340 g/mol. The van der Waals surface area contributed by atoms with Gasteiger partial charge in [-0.05, 0) is 42.3 Å². The Kier molecular flexibility index (Phi) is 4.62. The molecule has 1 aliphatic heterocycles. The maximum absolute atomic E-state index is 12.9. The SMILES string of the molecule is COc1ccc2c(c1)cc(C(=O)N1CC(OCc3ccccc3C)C1)n2C. The van der Waals surface area contributed by atoms with E-state index in [2.05, 4.69) is 19.1 Å². The first-order valence-electron chi connectivity index (χ1n) is 9.15. The molecule has 27 heavy (non-hydrogen) atoms. The van der Waals surface area contributed by atoms with E-state index in [0.29, 0.717) is 25.4 Å². The van der Waals surface area contributed by atoms with Crippen LogP contribution in [0.1, 0.15) is 21.6 Å². The van der Waals surface area contributed by atoms with Crippen molar-refractivity contribution in [2.24, 2.45) is 7.05 Å². The molecule has 4 rings (SSSR count). The number of aromatic nitrogens is 1. The van der Waals surface area contributed by atoms with E-state index in [4.69, 9.17) is 9.47 Å². The molecule has 1 fully saturated rings. The quantitative estimate of drug-likeness (QED) is 0.696. The normalized spacial score (nSPS) is 14.4. The van der Waals surface area contributed by atoms with Crippen LogP contribution < -0.4 is 4.74 Å². The average molecular weight is 364 g/mol. The standard InChI is InChI=1S/C22H24N2O3/c1-15-6-4-5-7-16(15)14-27-19-12-24(13-19)22(25)21-11-17-10-18(26-3)8-9-20(17)23(21)2/h4-11,19H,12-14H2,1-3H3. The smallest absolute Gasteiger partial charge is 0.270 e. The van der Waals surface area contributed by atoms with Gasteiger partial charge in [-0.1, -0.05) is 24.3 Å². The van der Waals surface area contributed by atoms with Gasteiger partial charge >= 0.3 is 0 Å². The highest BCUT2D eigenvalue weighted by atomic mass is 16.5. The highest BCUT2D eigenvalue weighted by Crippen LogP contribution is 2.26. The number of aryl methyl sites for hydroxylation is 2. The Bertz CT molecular complexity index is 986. The third kappa shape index (κ3) is 3.30. The number of hydrogen-bond acceptors (Lipinski definition) is 3. The lowest BCUT2D eigenvalue weighted by molar-refractivity contribution is -0.0507. The van der Waals surface area contributed by atoms with E-state index in [1.807, 2.05) is 52.9 Å². The van der Waals surface area contributed by atoms with Crippen LogP contribution in [0.15, 0.2) is 48.5 Å². The Balaban J connectivity index is 1.39. The van der Waals surface area contributed by atoms with Crippen molar-refractivity contribution in [2.45, 2.75) is 19.6 Å². The van der Waals surface area contributed by atoms with Crippen LogP contribution >= 0.6 is 0 Å². The number of benzene rings is 2. The summed E-state index contributed by atoms with van der Waals surface area (Å²) in [6.07, 6.45) is 0.100. The van der Waals surface area contributed by atoms with Crippen LogP contribution in [0.4, 0.5) is 0 Å². The van der Waals surface area contributed by atoms with Crippen LogP contribution in [0.3, 0.4) is 0 Å². The summed E-state index contributed by atoms with van der Waals surface area (Å²) < 4.78 is 13.2. The molecule has 140 valence electrons. The lowest BCUT2D eigenvalue weighted by Gasteiger charge is -2.39. The van der Waals surface area contributed by atoms with Crippen molar-refractivity contribution in [1.82, 2.24) is 9.47 Å². The fraction of sp³-hybridized carbons (Fsp3) is 0.318. The van der Waals surface area contributed by atoms with Crippen LogP contribution in [-0.2, 0) is 18.4 Å². The van der Waals surface area contributed by atoms with Gasteiger partial charge in [-0.25, -0.2) is 0 Å². The molecule has 0 atom stereocenters. The second-order valence-corrected chi connectivity index (χ2v) is 7.08. The number of ether oxygens (including phenoxy) is 2. The molecule has 2 heterocycles. The van der Waals surface area contributed by atoms with Gasteiger partial charge in [0.05, 0.1) is 19.8 Å². The number of methoxy groups -OCH3 is 1. The Morgan fingerprint density at radius 3 is 2.67 bits per heavy atom. The van der Waals surface area contributed by atoms with E-state index in [-0.39, 0.29) is 12.0 Å². The minimum Gasteiger partial charge on any atom is -0.497 e. The molecule has 1 amide bonds. The van der Waals surface area contributed by atoms with Crippen LogP contribution in [0.5, 0.6) is 5.75 Å². The predicted octanol–water partition coefficient (Wildman–Crippen LogP) is 3.54. The highest BCUT2D eigenvalue weighted by molar-refractivity contribution is 5.99. The summed E-state index contributed by atoms with van der Waals surface area (Å²) in [5.74, 6) is 0.837. The fourth-order valence-corrected chi connectivity index (χ4v) is 3.51. The topological polar surface area (TPSA) is 43.7 Å². The van der Waals surface area contributed by atoms with Crippen molar-refractivity contribution in [3.63, 3.8) is 0 Å². The zero-order valence-corrected chi connectivity index (χ0v) is 15.9. The molecule has 5 nitrogen and oxygen atoms in total. The number of carbonyl (C=O) groups excluding carboxylic acids is 1. The molecular formula is C22H24N2O3. The summed E-state index contributed by atoms with van der Waals surface area (Å²) in [4.78, 5) is 14.7. The number of likely N-dealkylation sites (tertiary alicyclic amines) is 1. The van der Waals surface area contributed by atoms with Gasteiger partial charge < -0.3 is 18.9 Å². The van der Waals surface area contributed by atoms with Gasteiger partial charge in [-0.2, -0.15) is 0 Å². The third-order valence-corrected chi connectivity index (χ3v) is 5.34. The number of fused-ring (bicyclic) bond motifs is 1. The van der Waals surface area contributed by atoms with Gasteiger partial charge in [0.25, 0.3) is 5.91 Å². The Morgan fingerprint density at radius 1 is 1.15 bits per heavy atom. The Labute approximate surface area is 159 Å². The van der Waals surface area contributed by atoms with Crippen LogP contribution in [-0.4, -0.2) is 41.7 Å². The van der Waals surface area contributed by atoms with E-state index in [1.165, 1.54) is 11.1 Å². The zero-order valence-electron chi connectivity index (χ0n) is 15.9. The van der Waals surface area contributed by atoms with Gasteiger partial charge in [0.1, 0.15) is 11.4 Å². The molecule has 0 aliphatic carbocycles. The maximum atomic E-state index is 12.9. The molecule has 1 aromatic heterocycles. The van der Waals surface area contributed by atoms with Crippen molar-refractivity contribution in [3.8, 4) is 5.75 Å². The summed E-state index contributed by atoms with van der Waals surface area (Å²) in [6, 6.07) is 16.0. The monoisotopic (exact) mass is 364 g/mol. The predicted molar refractivity (Wildman–Crippen MR) is 105 cm³/mol. The van der Waals surface area contributed by atoms with Gasteiger partial charge in [0.2, 0.25) is 0 Å². The van der Waals surface area contributed by atoms with Crippen molar-refractivity contribution in [2.75, 3.05) is 20.2 Å². The molecule has 0 spiro atoms. The first-order chi connectivity index (χ1) is 13.1. The van der Waals surface area contributed by atoms with Crippen molar-refractivity contribution in [1.29, 1.82) is 0 Å². The number of hydrogen-bond donors (Lipinski definition) is 0. The molecule has 0 unspecified atom stereocenters. The summed E-state index contributed by atoms with van der Waals surface area (Å²) >= 11 is 0. The molecule has 0 N–H and O–H groups in total. The Morgan fingerprint density at radius 2 is 1.93 bits per heavy atom. The third-order valence-electron chi connectivity index (χ3n) is 5.34. The number of amides is 1. The largest absolute Gasteiger partial charge is 0.497 e. The summed E-state index contributed by atoms with van der Waals surface area (Å²) in [5, 5.41) is 1.01. The molecule has 1 aliphatic rings. The Hall–Kier alpha value is -2.79. The van der Waals surface area contributed by atoms with Crippen LogP contribution in [0.2, 0.25) is 0 Å². The van der Waals surface area contributed by atoms with E-state index in [9.17, 15) is 4.79 Å². The van der Waals surface area contributed by atoms with Crippen LogP contribution in [0.25, 0.3) is 10.9 Å². The van der Waals surface area contributed by atoms with Crippen molar-refractivity contribution in [3.05, 3.63) is 65.4 Å². The first-order valence-corrected chi connectivity index (χ1v) is 9.15. The summed E-state index contributed by atoms with van der Waals surface area (Å²) in [7, 11) is 3.57. The van der Waals surface area contributed by atoms with E-state index >= 15 is 0 Å². The van der Waals surface area contributed by atoms with Gasteiger partial charge in [0.15, 0.2) is 0 Å². The molecule has 2 aromatic carbocycles. The molecule has 0 bridgehead atoms. The average Bonchev–Trinajstić information content (AvgIpc) is 2.97. The number of nitrogens with zero attached hydrogens (tertiary/aromatic N) is 2. The summed E-state index contributed by atoms with van der Waals surface area (Å²) in [5.41, 5.74) is 4.14. The second-order valence-electron chi connectivity index (χ2n) is 7.08.